The molecule has 1 saturated heterocycles. The molecule has 1 atom stereocenters. The summed E-state index contributed by atoms with van der Waals surface area (Å²) in [5.74, 6) is 0.551. The van der Waals surface area contributed by atoms with Crippen molar-refractivity contribution in [2.24, 2.45) is 5.92 Å². The van der Waals surface area contributed by atoms with Crippen molar-refractivity contribution in [3.05, 3.63) is 34.1 Å². The molecule has 0 bridgehead atoms. The average molecular weight is 343 g/mol. The second-order valence-corrected chi connectivity index (χ2v) is 6.77. The number of halogens is 2. The molecule has 0 saturated carbocycles. The van der Waals surface area contributed by atoms with Crippen LogP contribution in [-0.2, 0) is 0 Å². The first-order valence-electron chi connectivity index (χ1n) is 7.48. The summed E-state index contributed by atoms with van der Waals surface area (Å²) in [5, 5.41) is 3.37. The Kier molecular flexibility index (Phi) is 6.00. The summed E-state index contributed by atoms with van der Waals surface area (Å²) in [6, 6.07) is 5.84. The predicted molar refractivity (Wildman–Crippen MR) is 85.4 cm³/mol. The van der Waals surface area contributed by atoms with Crippen LogP contribution in [0.1, 0.15) is 38.3 Å². The number of hydrogen-bond acceptors (Lipinski definition) is 2. The molecule has 0 spiro atoms. The molecule has 1 heterocycles. The van der Waals surface area contributed by atoms with E-state index in [2.05, 4.69) is 40.0 Å². The number of benzene rings is 1. The van der Waals surface area contributed by atoms with Gasteiger partial charge in [0.15, 0.2) is 0 Å². The highest BCUT2D eigenvalue weighted by Crippen LogP contribution is 2.32. The second kappa shape index (κ2) is 7.53. The van der Waals surface area contributed by atoms with Gasteiger partial charge in [-0.3, -0.25) is 4.90 Å². The lowest BCUT2D eigenvalue weighted by atomic mass is 9.95. The van der Waals surface area contributed by atoms with E-state index in [1.165, 1.54) is 0 Å². The molecule has 0 radical (unpaired) electrons. The van der Waals surface area contributed by atoms with Crippen molar-refractivity contribution >= 4 is 15.9 Å². The van der Waals surface area contributed by atoms with Gasteiger partial charge in [-0.15, -0.1) is 0 Å². The Morgan fingerprint density at radius 3 is 2.60 bits per heavy atom. The maximum atomic E-state index is 14.4. The molecule has 1 aromatic rings. The van der Waals surface area contributed by atoms with Crippen LogP contribution in [0.5, 0.6) is 0 Å². The summed E-state index contributed by atoms with van der Waals surface area (Å²) < 4.78 is 15.0. The summed E-state index contributed by atoms with van der Waals surface area (Å²) in [5.41, 5.74) is 0.835. The van der Waals surface area contributed by atoms with Gasteiger partial charge < -0.3 is 5.32 Å². The summed E-state index contributed by atoms with van der Waals surface area (Å²) in [6.45, 7) is 8.43. The van der Waals surface area contributed by atoms with Gasteiger partial charge >= 0.3 is 0 Å². The van der Waals surface area contributed by atoms with Crippen molar-refractivity contribution in [3.8, 4) is 0 Å². The Hall–Kier alpha value is -0.450. The molecular weight excluding hydrogens is 319 g/mol. The molecule has 0 amide bonds. The maximum absolute atomic E-state index is 14.4. The minimum Gasteiger partial charge on any atom is -0.314 e. The SMILES string of the molecule is CC(C)CC[C@@H](c1cccc(Br)c1F)N1CCNCC1. The van der Waals surface area contributed by atoms with E-state index in [0.717, 1.165) is 44.6 Å². The van der Waals surface area contributed by atoms with Crippen LogP contribution in [0.2, 0.25) is 0 Å². The minimum absolute atomic E-state index is 0.0974. The van der Waals surface area contributed by atoms with Crippen molar-refractivity contribution in [2.75, 3.05) is 26.2 Å². The van der Waals surface area contributed by atoms with Crippen molar-refractivity contribution < 1.29 is 4.39 Å². The predicted octanol–water partition coefficient (Wildman–Crippen LogP) is 3.97. The quantitative estimate of drug-likeness (QED) is 0.870. The van der Waals surface area contributed by atoms with Gasteiger partial charge in [0.2, 0.25) is 0 Å². The van der Waals surface area contributed by atoms with Crippen LogP contribution in [0, 0.1) is 11.7 Å². The lowest BCUT2D eigenvalue weighted by Gasteiger charge is -2.36. The lowest BCUT2D eigenvalue weighted by molar-refractivity contribution is 0.156. The van der Waals surface area contributed by atoms with E-state index < -0.39 is 0 Å². The molecule has 0 aliphatic carbocycles. The van der Waals surface area contributed by atoms with Crippen LogP contribution in [0.15, 0.2) is 22.7 Å². The van der Waals surface area contributed by atoms with E-state index in [-0.39, 0.29) is 11.9 Å². The van der Waals surface area contributed by atoms with Crippen LogP contribution < -0.4 is 5.32 Å². The first-order chi connectivity index (χ1) is 9.59. The van der Waals surface area contributed by atoms with E-state index in [1.54, 1.807) is 6.07 Å². The molecule has 112 valence electrons. The van der Waals surface area contributed by atoms with E-state index in [1.807, 2.05) is 12.1 Å². The van der Waals surface area contributed by atoms with Gasteiger partial charge in [0.05, 0.1) is 4.47 Å². The fourth-order valence-corrected chi connectivity index (χ4v) is 3.18. The zero-order valence-electron chi connectivity index (χ0n) is 12.3. The van der Waals surface area contributed by atoms with Gasteiger partial charge in [-0.1, -0.05) is 26.0 Å². The van der Waals surface area contributed by atoms with E-state index in [0.29, 0.717) is 10.4 Å². The topological polar surface area (TPSA) is 15.3 Å². The number of rotatable bonds is 5. The molecule has 2 rings (SSSR count). The number of hydrogen-bond donors (Lipinski definition) is 1. The normalized spacial score (nSPS) is 18.4. The van der Waals surface area contributed by atoms with Gasteiger partial charge in [-0.2, -0.15) is 0 Å². The average Bonchev–Trinajstić information content (AvgIpc) is 2.44. The second-order valence-electron chi connectivity index (χ2n) is 5.92. The number of piperazine rings is 1. The molecule has 2 nitrogen and oxygen atoms in total. The molecule has 0 unspecified atom stereocenters. The van der Waals surface area contributed by atoms with E-state index in [4.69, 9.17) is 0 Å². The Labute approximate surface area is 129 Å². The van der Waals surface area contributed by atoms with Gasteiger partial charge in [0.25, 0.3) is 0 Å². The van der Waals surface area contributed by atoms with Gasteiger partial charge in [-0.05, 0) is 40.8 Å². The molecule has 1 fully saturated rings. The fraction of sp³-hybridized carbons (Fsp3) is 0.625. The molecule has 20 heavy (non-hydrogen) atoms. The highest BCUT2D eigenvalue weighted by molar-refractivity contribution is 9.10. The monoisotopic (exact) mass is 342 g/mol. The third-order valence-corrected chi connectivity index (χ3v) is 4.56. The summed E-state index contributed by atoms with van der Waals surface area (Å²) in [6.07, 6.45) is 2.14. The zero-order chi connectivity index (χ0) is 14.5. The number of nitrogens with one attached hydrogen (secondary N) is 1. The lowest BCUT2D eigenvalue weighted by Crippen LogP contribution is -2.45. The highest BCUT2D eigenvalue weighted by atomic mass is 79.9. The van der Waals surface area contributed by atoms with Crippen LogP contribution in [0.25, 0.3) is 0 Å². The van der Waals surface area contributed by atoms with Crippen molar-refractivity contribution in [3.63, 3.8) is 0 Å². The molecule has 4 heteroatoms. The van der Waals surface area contributed by atoms with Gasteiger partial charge in [0.1, 0.15) is 5.82 Å². The molecule has 1 aromatic carbocycles. The first kappa shape index (κ1) is 15.9. The van der Waals surface area contributed by atoms with E-state index >= 15 is 0 Å². The Morgan fingerprint density at radius 2 is 1.95 bits per heavy atom. The van der Waals surface area contributed by atoms with Crippen LogP contribution in [-0.4, -0.2) is 31.1 Å². The van der Waals surface area contributed by atoms with Crippen molar-refractivity contribution in [1.29, 1.82) is 0 Å². The Bertz CT molecular complexity index is 430. The van der Waals surface area contributed by atoms with Crippen molar-refractivity contribution in [2.45, 2.75) is 32.7 Å². The zero-order valence-corrected chi connectivity index (χ0v) is 13.9. The molecule has 1 aliphatic heterocycles. The Balaban J connectivity index is 2.22. The van der Waals surface area contributed by atoms with E-state index in [9.17, 15) is 4.39 Å². The Morgan fingerprint density at radius 1 is 1.25 bits per heavy atom. The van der Waals surface area contributed by atoms with Gasteiger partial charge in [-0.25, -0.2) is 4.39 Å². The largest absolute Gasteiger partial charge is 0.314 e. The summed E-state index contributed by atoms with van der Waals surface area (Å²) >= 11 is 3.31. The minimum atomic E-state index is -0.0974. The molecule has 1 aliphatic rings. The third-order valence-electron chi connectivity index (χ3n) is 3.95. The first-order valence-corrected chi connectivity index (χ1v) is 8.27. The molecule has 0 aromatic heterocycles. The highest BCUT2D eigenvalue weighted by Gasteiger charge is 2.25. The van der Waals surface area contributed by atoms with Crippen LogP contribution in [0.3, 0.4) is 0 Å². The standard InChI is InChI=1S/C16H24BrFN2/c1-12(2)6-7-15(20-10-8-19-9-11-20)13-4-3-5-14(17)16(13)18/h3-5,12,15,19H,6-11H2,1-2H3/t15-/m0/s1. The number of nitrogens with zero attached hydrogens (tertiary/aromatic N) is 1. The smallest absolute Gasteiger partial charge is 0.142 e. The van der Waals surface area contributed by atoms with Crippen LogP contribution in [0.4, 0.5) is 4.39 Å². The maximum Gasteiger partial charge on any atom is 0.142 e. The van der Waals surface area contributed by atoms with Gasteiger partial charge in [0, 0.05) is 37.8 Å². The van der Waals surface area contributed by atoms with Crippen molar-refractivity contribution in [1.82, 2.24) is 10.2 Å². The summed E-state index contributed by atoms with van der Waals surface area (Å²) in [7, 11) is 0. The molecule has 1 N–H and O–H groups in total. The fourth-order valence-electron chi connectivity index (χ4n) is 2.80. The third kappa shape index (κ3) is 4.03. The van der Waals surface area contributed by atoms with Crippen LogP contribution >= 0.6 is 15.9 Å². The summed E-state index contributed by atoms with van der Waals surface area (Å²) in [4.78, 5) is 2.42. The molecular formula is C16H24BrFN2.